The van der Waals surface area contributed by atoms with Gasteiger partial charge in [-0.25, -0.2) is 4.79 Å². The molecule has 31 heavy (non-hydrogen) atoms. The Labute approximate surface area is 186 Å². The van der Waals surface area contributed by atoms with Crippen LogP contribution in [0.15, 0.2) is 6.07 Å². The normalized spacial score (nSPS) is 14.1. The zero-order chi connectivity index (χ0) is 22.7. The van der Waals surface area contributed by atoms with Gasteiger partial charge in [-0.2, -0.15) is 0 Å². The van der Waals surface area contributed by atoms with Gasteiger partial charge in [0, 0.05) is 35.9 Å². The average molecular weight is 447 g/mol. The Kier molecular flexibility index (Phi) is 7.33. The highest BCUT2D eigenvalue weighted by Crippen LogP contribution is 2.38. The first-order valence-corrected chi connectivity index (χ1v) is 11.4. The summed E-state index contributed by atoms with van der Waals surface area (Å²) in [4.78, 5) is 38.5. The smallest absolute Gasteiger partial charge is 0.341 e. The van der Waals surface area contributed by atoms with E-state index in [1.54, 1.807) is 7.11 Å². The molecule has 0 bridgehead atoms. The fourth-order valence-corrected chi connectivity index (χ4v) is 5.69. The minimum absolute atomic E-state index is 0.0895. The Morgan fingerprint density at radius 3 is 2.61 bits per heavy atom. The molecule has 0 radical (unpaired) electrons. The van der Waals surface area contributed by atoms with Gasteiger partial charge in [0.2, 0.25) is 11.7 Å². The molecule has 0 saturated carbocycles. The second-order valence-electron chi connectivity index (χ2n) is 8.05. The molecule has 2 heterocycles. The summed E-state index contributed by atoms with van der Waals surface area (Å²) in [6.45, 7) is 7.47. The molecule has 1 atom stereocenters. The molecule has 1 aliphatic rings. The SMILES string of the molecule is COCC(C)n1c(C)cc(C(=O)COC(=O)c2c(NC(C)=O)sc3c2CCCC3)c1C. The van der Waals surface area contributed by atoms with Crippen LogP contribution in [0.3, 0.4) is 0 Å². The molecule has 168 valence electrons. The lowest BCUT2D eigenvalue weighted by Gasteiger charge is -2.17. The Bertz CT molecular complexity index is 1000. The Morgan fingerprint density at radius 1 is 1.23 bits per heavy atom. The molecule has 3 rings (SSSR count). The summed E-state index contributed by atoms with van der Waals surface area (Å²) in [6, 6.07) is 1.92. The number of amides is 1. The summed E-state index contributed by atoms with van der Waals surface area (Å²) in [5.41, 5.74) is 3.68. The molecular formula is C23H30N2O5S. The van der Waals surface area contributed by atoms with Gasteiger partial charge in [0.1, 0.15) is 5.00 Å². The number of fused-ring (bicyclic) bond motifs is 1. The number of aromatic nitrogens is 1. The number of hydrogen-bond donors (Lipinski definition) is 1. The number of ether oxygens (including phenoxy) is 2. The number of thiophene rings is 1. The lowest BCUT2D eigenvalue weighted by atomic mass is 9.95. The van der Waals surface area contributed by atoms with Crippen molar-refractivity contribution in [2.75, 3.05) is 25.6 Å². The van der Waals surface area contributed by atoms with Crippen LogP contribution in [0.1, 0.15) is 75.3 Å². The van der Waals surface area contributed by atoms with Gasteiger partial charge >= 0.3 is 5.97 Å². The number of anilines is 1. The summed E-state index contributed by atoms with van der Waals surface area (Å²) in [5.74, 6) is -1.04. The molecule has 1 amide bonds. The van der Waals surface area contributed by atoms with Crippen molar-refractivity contribution < 1.29 is 23.9 Å². The van der Waals surface area contributed by atoms with E-state index in [0.29, 0.717) is 22.7 Å². The van der Waals surface area contributed by atoms with E-state index < -0.39 is 5.97 Å². The number of hydrogen-bond acceptors (Lipinski definition) is 6. The van der Waals surface area contributed by atoms with Gasteiger partial charge in [-0.1, -0.05) is 0 Å². The lowest BCUT2D eigenvalue weighted by molar-refractivity contribution is -0.114. The lowest BCUT2D eigenvalue weighted by Crippen LogP contribution is -2.18. The highest BCUT2D eigenvalue weighted by Gasteiger charge is 2.28. The highest BCUT2D eigenvalue weighted by molar-refractivity contribution is 7.17. The molecule has 1 N–H and O–H groups in total. The molecule has 1 unspecified atom stereocenters. The zero-order valence-corrected chi connectivity index (χ0v) is 19.6. The van der Waals surface area contributed by atoms with Crippen molar-refractivity contribution in [3.05, 3.63) is 39.0 Å². The van der Waals surface area contributed by atoms with E-state index in [0.717, 1.165) is 47.5 Å². The van der Waals surface area contributed by atoms with Gasteiger partial charge in [-0.15, -0.1) is 11.3 Å². The molecule has 0 aromatic carbocycles. The van der Waals surface area contributed by atoms with Gasteiger partial charge in [-0.05, 0) is 58.1 Å². The van der Waals surface area contributed by atoms with Crippen LogP contribution in [0.25, 0.3) is 0 Å². The number of esters is 1. The third-order valence-electron chi connectivity index (χ3n) is 5.63. The van der Waals surface area contributed by atoms with Crippen molar-refractivity contribution in [3.8, 4) is 0 Å². The van der Waals surface area contributed by atoms with Crippen LogP contribution in [0.2, 0.25) is 0 Å². The molecule has 0 fully saturated rings. The summed E-state index contributed by atoms with van der Waals surface area (Å²) in [5, 5.41) is 3.27. The molecule has 2 aromatic heterocycles. The first-order chi connectivity index (χ1) is 14.7. The molecule has 7 nitrogen and oxygen atoms in total. The molecule has 8 heteroatoms. The number of aryl methyl sites for hydroxylation is 2. The van der Waals surface area contributed by atoms with E-state index in [4.69, 9.17) is 9.47 Å². The van der Waals surface area contributed by atoms with Gasteiger partial charge in [0.05, 0.1) is 18.2 Å². The van der Waals surface area contributed by atoms with Crippen LogP contribution in [-0.4, -0.2) is 42.6 Å². The van der Waals surface area contributed by atoms with Crippen molar-refractivity contribution in [2.45, 2.75) is 59.4 Å². The fraction of sp³-hybridized carbons (Fsp3) is 0.522. The number of nitrogens with zero attached hydrogens (tertiary/aromatic N) is 1. The number of rotatable bonds is 8. The van der Waals surface area contributed by atoms with E-state index in [1.165, 1.54) is 18.3 Å². The van der Waals surface area contributed by atoms with Crippen molar-refractivity contribution in [1.82, 2.24) is 4.57 Å². The Balaban J connectivity index is 1.77. The first kappa shape index (κ1) is 23.2. The minimum atomic E-state index is -0.557. The summed E-state index contributed by atoms with van der Waals surface area (Å²) in [7, 11) is 1.65. The second kappa shape index (κ2) is 9.78. The van der Waals surface area contributed by atoms with Crippen LogP contribution in [0, 0.1) is 13.8 Å². The third-order valence-corrected chi connectivity index (χ3v) is 6.84. The van der Waals surface area contributed by atoms with E-state index in [9.17, 15) is 14.4 Å². The fourth-order valence-electron chi connectivity index (χ4n) is 4.36. The Morgan fingerprint density at radius 2 is 1.94 bits per heavy atom. The van der Waals surface area contributed by atoms with Gasteiger partial charge in [-0.3, -0.25) is 9.59 Å². The molecule has 0 aliphatic heterocycles. The monoisotopic (exact) mass is 446 g/mol. The van der Waals surface area contributed by atoms with E-state index in [-0.39, 0.29) is 24.3 Å². The van der Waals surface area contributed by atoms with Crippen molar-refractivity contribution in [1.29, 1.82) is 0 Å². The van der Waals surface area contributed by atoms with Crippen LogP contribution >= 0.6 is 11.3 Å². The first-order valence-electron chi connectivity index (χ1n) is 10.5. The maximum Gasteiger partial charge on any atom is 0.341 e. The van der Waals surface area contributed by atoms with E-state index in [1.807, 2.05) is 26.8 Å². The average Bonchev–Trinajstić information content (AvgIpc) is 3.21. The summed E-state index contributed by atoms with van der Waals surface area (Å²) < 4.78 is 12.7. The molecule has 1 aliphatic carbocycles. The predicted molar refractivity (Wildman–Crippen MR) is 120 cm³/mol. The Hall–Kier alpha value is -2.45. The van der Waals surface area contributed by atoms with Gasteiger partial charge in [0.25, 0.3) is 0 Å². The van der Waals surface area contributed by atoms with Crippen LogP contribution in [0.4, 0.5) is 5.00 Å². The van der Waals surface area contributed by atoms with Gasteiger partial charge < -0.3 is 19.4 Å². The number of Topliss-reactive ketones (excluding diaryl/α,β-unsaturated/α-hetero) is 1. The van der Waals surface area contributed by atoms with Crippen LogP contribution < -0.4 is 5.32 Å². The number of methoxy groups -OCH3 is 1. The standard InChI is InChI=1S/C23H30N2O5S/c1-13-10-18(15(3)25(13)14(2)11-29-5)19(27)12-30-23(28)21-17-8-6-7-9-20(17)31-22(21)24-16(4)26/h10,14H,6-9,11-12H2,1-5H3,(H,24,26). The van der Waals surface area contributed by atoms with Crippen molar-refractivity contribution in [3.63, 3.8) is 0 Å². The topological polar surface area (TPSA) is 86.6 Å². The number of carbonyl (C=O) groups is 3. The molecule has 0 saturated heterocycles. The minimum Gasteiger partial charge on any atom is -0.454 e. The van der Waals surface area contributed by atoms with Crippen LogP contribution in [0.5, 0.6) is 0 Å². The van der Waals surface area contributed by atoms with Crippen molar-refractivity contribution >= 4 is 34.0 Å². The molecule has 2 aromatic rings. The van der Waals surface area contributed by atoms with Crippen molar-refractivity contribution in [2.24, 2.45) is 0 Å². The number of ketones is 1. The summed E-state index contributed by atoms with van der Waals surface area (Å²) in [6.07, 6.45) is 3.73. The van der Waals surface area contributed by atoms with Crippen LogP contribution in [-0.2, 0) is 27.1 Å². The highest BCUT2D eigenvalue weighted by atomic mass is 32.1. The van der Waals surface area contributed by atoms with E-state index in [2.05, 4.69) is 9.88 Å². The largest absolute Gasteiger partial charge is 0.454 e. The second-order valence-corrected chi connectivity index (χ2v) is 9.16. The maximum atomic E-state index is 12.9. The van der Waals surface area contributed by atoms with Gasteiger partial charge in [0.15, 0.2) is 6.61 Å². The maximum absolute atomic E-state index is 12.9. The van der Waals surface area contributed by atoms with E-state index >= 15 is 0 Å². The quantitative estimate of drug-likeness (QED) is 0.484. The zero-order valence-electron chi connectivity index (χ0n) is 18.8. The predicted octanol–water partition coefficient (Wildman–Crippen LogP) is 4.25. The molecular weight excluding hydrogens is 416 g/mol. The third kappa shape index (κ3) is 4.91. The number of carbonyl (C=O) groups excluding carboxylic acids is 3. The number of nitrogens with one attached hydrogen (secondary N) is 1. The summed E-state index contributed by atoms with van der Waals surface area (Å²) >= 11 is 1.43. The molecule has 0 spiro atoms.